The first-order valence-corrected chi connectivity index (χ1v) is 6.22. The minimum atomic E-state index is -0.126. The number of carbonyl (C=O) groups excluding carboxylic acids is 1. The Bertz CT molecular complexity index is 352. The van der Waals surface area contributed by atoms with E-state index in [0.717, 1.165) is 19.3 Å². The van der Waals surface area contributed by atoms with E-state index in [1.165, 1.54) is 0 Å². The van der Waals surface area contributed by atoms with Crippen LogP contribution in [-0.2, 0) is 9.53 Å². The number of nitrogen functional groups attached to an aromatic ring is 1. The summed E-state index contributed by atoms with van der Waals surface area (Å²) in [5, 5.41) is 0. The lowest BCUT2D eigenvalue weighted by molar-refractivity contribution is -0.143. The van der Waals surface area contributed by atoms with Crippen molar-refractivity contribution < 1.29 is 14.3 Å². The highest BCUT2D eigenvalue weighted by atomic mass is 16.5. The van der Waals surface area contributed by atoms with E-state index in [2.05, 4.69) is 4.98 Å². The molecule has 18 heavy (non-hydrogen) atoms. The van der Waals surface area contributed by atoms with E-state index >= 15 is 0 Å². The average Bonchev–Trinajstić information content (AvgIpc) is 2.36. The summed E-state index contributed by atoms with van der Waals surface area (Å²) in [6.45, 7) is 2.86. The van der Waals surface area contributed by atoms with Gasteiger partial charge < -0.3 is 15.2 Å². The van der Waals surface area contributed by atoms with Gasteiger partial charge in [0.15, 0.2) is 0 Å². The summed E-state index contributed by atoms with van der Waals surface area (Å²) in [7, 11) is 0. The maximum absolute atomic E-state index is 11.1. The minimum Gasteiger partial charge on any atom is -0.478 e. The fourth-order valence-corrected chi connectivity index (χ4v) is 1.44. The molecule has 0 aliphatic carbocycles. The van der Waals surface area contributed by atoms with Crippen LogP contribution >= 0.6 is 0 Å². The molecule has 0 aliphatic rings. The van der Waals surface area contributed by atoms with Crippen molar-refractivity contribution in [3.8, 4) is 5.88 Å². The smallest absolute Gasteiger partial charge is 0.305 e. The van der Waals surface area contributed by atoms with Gasteiger partial charge in [-0.15, -0.1) is 0 Å². The molecule has 0 aliphatic heterocycles. The second-order valence-electron chi connectivity index (χ2n) is 3.89. The first-order chi connectivity index (χ1) is 8.72. The van der Waals surface area contributed by atoms with Crippen molar-refractivity contribution in [2.45, 2.75) is 32.6 Å². The molecule has 0 fully saturated rings. The van der Waals surface area contributed by atoms with Crippen molar-refractivity contribution in [2.24, 2.45) is 0 Å². The fourth-order valence-electron chi connectivity index (χ4n) is 1.44. The maximum Gasteiger partial charge on any atom is 0.305 e. The van der Waals surface area contributed by atoms with Crippen LogP contribution < -0.4 is 10.5 Å². The first kappa shape index (κ1) is 14.3. The van der Waals surface area contributed by atoms with Crippen molar-refractivity contribution in [1.29, 1.82) is 0 Å². The fraction of sp³-hybridized carbons (Fsp3) is 0.538. The van der Waals surface area contributed by atoms with E-state index in [4.69, 9.17) is 15.2 Å². The number of nitrogens with two attached hydrogens (primary N) is 1. The van der Waals surface area contributed by atoms with E-state index in [-0.39, 0.29) is 5.97 Å². The monoisotopic (exact) mass is 252 g/mol. The number of nitrogens with zero attached hydrogens (tertiary/aromatic N) is 1. The highest BCUT2D eigenvalue weighted by molar-refractivity contribution is 5.69. The molecule has 0 saturated carbocycles. The lowest BCUT2D eigenvalue weighted by Crippen LogP contribution is -2.04. The molecule has 0 bridgehead atoms. The third-order valence-electron chi connectivity index (χ3n) is 2.34. The molecule has 5 nitrogen and oxygen atoms in total. The van der Waals surface area contributed by atoms with Gasteiger partial charge >= 0.3 is 5.97 Å². The van der Waals surface area contributed by atoms with Crippen molar-refractivity contribution in [2.75, 3.05) is 18.9 Å². The molecule has 0 unspecified atom stereocenters. The number of rotatable bonds is 8. The zero-order chi connectivity index (χ0) is 13.2. The van der Waals surface area contributed by atoms with Crippen LogP contribution in [0.1, 0.15) is 32.6 Å². The minimum absolute atomic E-state index is 0.126. The van der Waals surface area contributed by atoms with Crippen LogP contribution in [0.3, 0.4) is 0 Å². The Morgan fingerprint density at radius 3 is 2.83 bits per heavy atom. The van der Waals surface area contributed by atoms with Gasteiger partial charge in [-0.3, -0.25) is 4.79 Å². The molecule has 0 amide bonds. The number of anilines is 1. The van der Waals surface area contributed by atoms with Crippen LogP contribution in [0.2, 0.25) is 0 Å². The number of aromatic nitrogens is 1. The number of ether oxygens (including phenoxy) is 2. The number of unbranched alkanes of at least 4 members (excludes halogenated alkanes) is 2. The van der Waals surface area contributed by atoms with Crippen molar-refractivity contribution in [1.82, 2.24) is 4.98 Å². The predicted molar refractivity (Wildman–Crippen MR) is 69.2 cm³/mol. The van der Waals surface area contributed by atoms with Gasteiger partial charge in [0.25, 0.3) is 0 Å². The summed E-state index contributed by atoms with van der Waals surface area (Å²) in [5.74, 6) is 0.452. The summed E-state index contributed by atoms with van der Waals surface area (Å²) in [6.07, 6.45) is 4.71. The number of carbonyl (C=O) groups is 1. The average molecular weight is 252 g/mol. The Balaban J connectivity index is 2.02. The largest absolute Gasteiger partial charge is 0.478 e. The van der Waals surface area contributed by atoms with Gasteiger partial charge in [0.2, 0.25) is 5.88 Å². The highest BCUT2D eigenvalue weighted by Gasteiger charge is 2.01. The lowest BCUT2D eigenvalue weighted by Gasteiger charge is -2.05. The molecule has 0 aromatic carbocycles. The molecule has 1 aromatic heterocycles. The highest BCUT2D eigenvalue weighted by Crippen LogP contribution is 2.09. The Kier molecular flexibility index (Phi) is 6.61. The molecule has 1 aromatic rings. The van der Waals surface area contributed by atoms with Gasteiger partial charge in [-0.05, 0) is 32.3 Å². The van der Waals surface area contributed by atoms with E-state index in [1.54, 1.807) is 18.3 Å². The second kappa shape index (κ2) is 8.33. The maximum atomic E-state index is 11.1. The number of hydrogen-bond donors (Lipinski definition) is 1. The lowest BCUT2D eigenvalue weighted by atomic mass is 10.2. The Labute approximate surface area is 107 Å². The van der Waals surface area contributed by atoms with Gasteiger partial charge in [0.05, 0.1) is 25.1 Å². The molecule has 0 saturated heterocycles. The Morgan fingerprint density at radius 2 is 2.17 bits per heavy atom. The molecule has 0 spiro atoms. The van der Waals surface area contributed by atoms with Crippen molar-refractivity contribution >= 4 is 11.7 Å². The van der Waals surface area contributed by atoms with Gasteiger partial charge in [-0.1, -0.05) is 0 Å². The van der Waals surface area contributed by atoms with E-state index in [0.29, 0.717) is 31.2 Å². The van der Waals surface area contributed by atoms with E-state index < -0.39 is 0 Å². The van der Waals surface area contributed by atoms with E-state index in [9.17, 15) is 4.79 Å². The standard InChI is InChI=1S/C13H20N2O3/c1-2-17-13(16)6-4-3-5-9-18-12-8-7-11(14)10-15-12/h7-8,10H,2-6,9,14H2,1H3. The Hall–Kier alpha value is -1.78. The number of hydrogen-bond acceptors (Lipinski definition) is 5. The zero-order valence-electron chi connectivity index (χ0n) is 10.7. The van der Waals surface area contributed by atoms with Gasteiger partial charge in [0.1, 0.15) is 0 Å². The summed E-state index contributed by atoms with van der Waals surface area (Å²) < 4.78 is 10.3. The molecule has 1 heterocycles. The van der Waals surface area contributed by atoms with Gasteiger partial charge in [0, 0.05) is 12.5 Å². The van der Waals surface area contributed by atoms with Gasteiger partial charge in [-0.2, -0.15) is 0 Å². The normalized spacial score (nSPS) is 10.1. The Morgan fingerprint density at radius 1 is 1.33 bits per heavy atom. The SMILES string of the molecule is CCOC(=O)CCCCCOc1ccc(N)cn1. The molecule has 0 radical (unpaired) electrons. The first-order valence-electron chi connectivity index (χ1n) is 6.22. The number of esters is 1. The molecule has 100 valence electrons. The third kappa shape index (κ3) is 6.08. The summed E-state index contributed by atoms with van der Waals surface area (Å²) in [4.78, 5) is 15.1. The zero-order valence-corrected chi connectivity index (χ0v) is 10.7. The summed E-state index contributed by atoms with van der Waals surface area (Å²) in [6, 6.07) is 3.50. The van der Waals surface area contributed by atoms with E-state index in [1.807, 2.05) is 6.92 Å². The topological polar surface area (TPSA) is 74.4 Å². The van der Waals surface area contributed by atoms with Crippen LogP contribution in [0, 0.1) is 0 Å². The van der Waals surface area contributed by atoms with Crippen LogP contribution in [0.5, 0.6) is 5.88 Å². The van der Waals surface area contributed by atoms with Crippen LogP contribution in [0.25, 0.3) is 0 Å². The molecular weight excluding hydrogens is 232 g/mol. The van der Waals surface area contributed by atoms with Crippen LogP contribution in [0.15, 0.2) is 18.3 Å². The molecule has 2 N–H and O–H groups in total. The van der Waals surface area contributed by atoms with Crippen LogP contribution in [-0.4, -0.2) is 24.2 Å². The van der Waals surface area contributed by atoms with Crippen molar-refractivity contribution in [3.63, 3.8) is 0 Å². The summed E-state index contributed by atoms with van der Waals surface area (Å²) in [5.41, 5.74) is 6.13. The van der Waals surface area contributed by atoms with Gasteiger partial charge in [-0.25, -0.2) is 4.98 Å². The molecular formula is C13H20N2O3. The predicted octanol–water partition coefficient (Wildman–Crippen LogP) is 2.17. The second-order valence-corrected chi connectivity index (χ2v) is 3.89. The summed E-state index contributed by atoms with van der Waals surface area (Å²) >= 11 is 0. The molecule has 0 atom stereocenters. The number of pyridine rings is 1. The quantitative estimate of drug-likeness (QED) is 0.567. The third-order valence-corrected chi connectivity index (χ3v) is 2.34. The molecule has 5 heteroatoms. The van der Waals surface area contributed by atoms with Crippen LogP contribution in [0.4, 0.5) is 5.69 Å². The molecule has 1 rings (SSSR count). The van der Waals surface area contributed by atoms with Crippen molar-refractivity contribution in [3.05, 3.63) is 18.3 Å².